The maximum absolute atomic E-state index is 12.2. The van der Waals surface area contributed by atoms with Gasteiger partial charge >= 0.3 is 11.9 Å². The molecule has 0 saturated heterocycles. The maximum Gasteiger partial charge on any atom is 0.350 e. The normalized spacial score (nSPS) is 17.9. The van der Waals surface area contributed by atoms with Crippen LogP contribution in [0.5, 0.6) is 0 Å². The van der Waals surface area contributed by atoms with Gasteiger partial charge in [-0.1, -0.05) is 37.3 Å². The number of esters is 2. The largest absolute Gasteiger partial charge is 0.462 e. The molecule has 1 aromatic heterocycles. The zero-order valence-electron chi connectivity index (χ0n) is 15.2. The van der Waals surface area contributed by atoms with E-state index in [4.69, 9.17) is 9.47 Å². The molecular formula is C20H21NO5S. The van der Waals surface area contributed by atoms with Crippen molar-refractivity contribution in [3.63, 3.8) is 0 Å². The fraction of sp³-hybridized carbons (Fsp3) is 0.350. The van der Waals surface area contributed by atoms with Crippen LogP contribution in [0.15, 0.2) is 36.4 Å². The second-order valence-corrected chi connectivity index (χ2v) is 7.47. The molecule has 1 aliphatic carbocycles. The zero-order chi connectivity index (χ0) is 19.4. The van der Waals surface area contributed by atoms with Crippen LogP contribution in [-0.4, -0.2) is 31.1 Å². The van der Waals surface area contributed by atoms with E-state index in [1.165, 1.54) is 11.3 Å². The van der Waals surface area contributed by atoms with E-state index in [2.05, 4.69) is 5.32 Å². The average Bonchev–Trinajstić information content (AvgIpc) is 3.25. The molecule has 0 spiro atoms. The van der Waals surface area contributed by atoms with Crippen molar-refractivity contribution in [3.8, 4) is 10.4 Å². The van der Waals surface area contributed by atoms with Gasteiger partial charge in [0.25, 0.3) is 5.91 Å². The molecule has 0 aliphatic heterocycles. The van der Waals surface area contributed by atoms with Crippen molar-refractivity contribution in [3.05, 3.63) is 41.3 Å². The first-order valence-corrected chi connectivity index (χ1v) is 9.64. The summed E-state index contributed by atoms with van der Waals surface area (Å²) in [6.07, 6.45) is 0.804. The summed E-state index contributed by atoms with van der Waals surface area (Å²) in [5, 5.41) is 2.66. The first kappa shape index (κ1) is 19.1. The molecule has 0 radical (unpaired) electrons. The van der Waals surface area contributed by atoms with E-state index in [9.17, 15) is 14.4 Å². The standard InChI is InChI=1S/C20H21NO5S/c1-3-25-20(24)18-15(10-16(27-18)13-7-5-4-6-8-13)21-17(22)11-26-19(23)14-9-12(14)2/h4-8,10,12,14H,3,9,11H2,1-2H3,(H,21,22)/t12-,14+/m1/s1. The highest BCUT2D eigenvalue weighted by Gasteiger charge is 2.40. The van der Waals surface area contributed by atoms with E-state index in [1.54, 1.807) is 13.0 Å². The van der Waals surface area contributed by atoms with E-state index >= 15 is 0 Å². The van der Waals surface area contributed by atoms with Crippen molar-refractivity contribution in [1.82, 2.24) is 0 Å². The van der Waals surface area contributed by atoms with Crippen molar-refractivity contribution in [2.75, 3.05) is 18.5 Å². The summed E-state index contributed by atoms with van der Waals surface area (Å²) in [4.78, 5) is 37.3. The van der Waals surface area contributed by atoms with Gasteiger partial charge in [0.15, 0.2) is 6.61 Å². The fourth-order valence-corrected chi connectivity index (χ4v) is 3.67. The van der Waals surface area contributed by atoms with Crippen molar-refractivity contribution in [1.29, 1.82) is 0 Å². The first-order valence-electron chi connectivity index (χ1n) is 8.82. The van der Waals surface area contributed by atoms with Gasteiger partial charge in [-0.15, -0.1) is 11.3 Å². The highest BCUT2D eigenvalue weighted by atomic mass is 32.1. The number of nitrogens with one attached hydrogen (secondary N) is 1. The molecule has 1 aliphatic rings. The van der Waals surface area contributed by atoms with Crippen LogP contribution in [-0.2, 0) is 19.1 Å². The lowest BCUT2D eigenvalue weighted by molar-refractivity contribution is -0.148. The highest BCUT2D eigenvalue weighted by molar-refractivity contribution is 7.18. The highest BCUT2D eigenvalue weighted by Crippen LogP contribution is 2.38. The third-order valence-corrected chi connectivity index (χ3v) is 5.45. The van der Waals surface area contributed by atoms with Crippen molar-refractivity contribution in [2.24, 2.45) is 11.8 Å². The van der Waals surface area contributed by atoms with Crippen LogP contribution < -0.4 is 5.32 Å². The molecule has 1 N–H and O–H groups in total. The quantitative estimate of drug-likeness (QED) is 0.732. The van der Waals surface area contributed by atoms with Gasteiger partial charge in [-0.05, 0) is 30.9 Å². The third-order valence-electron chi connectivity index (χ3n) is 4.28. The Kier molecular flexibility index (Phi) is 5.91. The monoisotopic (exact) mass is 387 g/mol. The van der Waals surface area contributed by atoms with Crippen LogP contribution in [0.2, 0.25) is 0 Å². The Bertz CT molecular complexity index is 845. The molecule has 27 heavy (non-hydrogen) atoms. The molecular weight excluding hydrogens is 366 g/mol. The molecule has 1 saturated carbocycles. The molecule has 1 aromatic carbocycles. The molecule has 1 fully saturated rings. The molecule has 3 rings (SSSR count). The number of carbonyl (C=O) groups is 3. The molecule has 0 bridgehead atoms. The summed E-state index contributed by atoms with van der Waals surface area (Å²) in [7, 11) is 0. The predicted octanol–water partition coefficient (Wildman–Crippen LogP) is 3.73. The van der Waals surface area contributed by atoms with Crippen LogP contribution in [0.3, 0.4) is 0 Å². The lowest BCUT2D eigenvalue weighted by Crippen LogP contribution is -2.22. The molecule has 0 unspecified atom stereocenters. The summed E-state index contributed by atoms with van der Waals surface area (Å²) in [6.45, 7) is 3.55. The lowest BCUT2D eigenvalue weighted by Gasteiger charge is -2.07. The minimum Gasteiger partial charge on any atom is -0.462 e. The fourth-order valence-electron chi connectivity index (χ4n) is 2.66. The Morgan fingerprint density at radius 1 is 1.19 bits per heavy atom. The van der Waals surface area contributed by atoms with Crippen LogP contribution in [0.4, 0.5) is 5.69 Å². The van der Waals surface area contributed by atoms with Gasteiger partial charge in [0.2, 0.25) is 0 Å². The summed E-state index contributed by atoms with van der Waals surface area (Å²) in [5.74, 6) is -1.11. The van der Waals surface area contributed by atoms with Crippen molar-refractivity contribution in [2.45, 2.75) is 20.3 Å². The SMILES string of the molecule is CCOC(=O)c1sc(-c2ccccc2)cc1NC(=O)COC(=O)[C@H]1C[C@H]1C. The van der Waals surface area contributed by atoms with Gasteiger partial charge in [-0.2, -0.15) is 0 Å². The van der Waals surface area contributed by atoms with Crippen LogP contribution >= 0.6 is 11.3 Å². The second-order valence-electron chi connectivity index (χ2n) is 6.42. The first-order chi connectivity index (χ1) is 13.0. The van der Waals surface area contributed by atoms with Gasteiger partial charge in [-0.3, -0.25) is 9.59 Å². The lowest BCUT2D eigenvalue weighted by atomic mass is 10.2. The maximum atomic E-state index is 12.2. The minimum absolute atomic E-state index is 0.0984. The molecule has 1 heterocycles. The van der Waals surface area contributed by atoms with Crippen LogP contribution in [0.1, 0.15) is 29.9 Å². The van der Waals surface area contributed by atoms with E-state index < -0.39 is 11.9 Å². The molecule has 2 atom stereocenters. The third kappa shape index (κ3) is 4.74. The molecule has 142 valence electrons. The van der Waals surface area contributed by atoms with Gasteiger partial charge in [0.1, 0.15) is 4.88 Å². The summed E-state index contributed by atoms with van der Waals surface area (Å²) >= 11 is 1.25. The van der Waals surface area contributed by atoms with E-state index in [1.807, 2.05) is 37.3 Å². The number of thiophene rings is 1. The van der Waals surface area contributed by atoms with Gasteiger partial charge in [0, 0.05) is 4.88 Å². The number of rotatable bonds is 7. The number of anilines is 1. The average molecular weight is 387 g/mol. The number of benzene rings is 1. The number of hydrogen-bond acceptors (Lipinski definition) is 6. The predicted molar refractivity (Wildman–Crippen MR) is 103 cm³/mol. The van der Waals surface area contributed by atoms with E-state index in [-0.39, 0.29) is 25.1 Å². The zero-order valence-corrected chi connectivity index (χ0v) is 16.0. The number of amides is 1. The van der Waals surface area contributed by atoms with Gasteiger partial charge in [0.05, 0.1) is 18.2 Å². The topological polar surface area (TPSA) is 81.7 Å². The van der Waals surface area contributed by atoms with Gasteiger partial charge < -0.3 is 14.8 Å². The number of hydrogen-bond donors (Lipinski definition) is 1. The molecule has 6 nitrogen and oxygen atoms in total. The van der Waals surface area contributed by atoms with Crippen molar-refractivity contribution >= 4 is 34.9 Å². The molecule has 2 aromatic rings. The molecule has 7 heteroatoms. The van der Waals surface area contributed by atoms with Crippen molar-refractivity contribution < 1.29 is 23.9 Å². The summed E-state index contributed by atoms with van der Waals surface area (Å²) in [6, 6.07) is 11.3. The Labute approximate surface area is 161 Å². The Morgan fingerprint density at radius 2 is 1.89 bits per heavy atom. The van der Waals surface area contributed by atoms with Gasteiger partial charge in [-0.25, -0.2) is 4.79 Å². The Morgan fingerprint density at radius 3 is 2.52 bits per heavy atom. The number of ether oxygens (including phenoxy) is 2. The van der Waals surface area contributed by atoms with Crippen LogP contribution in [0, 0.1) is 11.8 Å². The number of carbonyl (C=O) groups excluding carboxylic acids is 3. The Hall–Kier alpha value is -2.67. The smallest absolute Gasteiger partial charge is 0.350 e. The second kappa shape index (κ2) is 8.35. The van der Waals surface area contributed by atoms with E-state index in [0.29, 0.717) is 16.5 Å². The summed E-state index contributed by atoms with van der Waals surface area (Å²) in [5.41, 5.74) is 1.29. The summed E-state index contributed by atoms with van der Waals surface area (Å²) < 4.78 is 10.1. The minimum atomic E-state index is -0.496. The molecule has 1 amide bonds. The van der Waals surface area contributed by atoms with E-state index in [0.717, 1.165) is 16.9 Å². The van der Waals surface area contributed by atoms with Crippen LogP contribution in [0.25, 0.3) is 10.4 Å². The Balaban J connectivity index is 1.72.